The summed E-state index contributed by atoms with van der Waals surface area (Å²) in [6.07, 6.45) is 0.515. The maximum Gasteiger partial charge on any atom is 0.254 e. The highest BCUT2D eigenvalue weighted by atomic mass is 35.5. The molecule has 4 aromatic rings. The van der Waals surface area contributed by atoms with Crippen molar-refractivity contribution in [2.75, 3.05) is 20.3 Å². The normalized spacial score (nSPS) is 11.1. The van der Waals surface area contributed by atoms with Crippen molar-refractivity contribution in [3.8, 4) is 11.1 Å². The molecule has 0 aliphatic rings. The largest absolute Gasteiger partial charge is 0.383 e. The number of nitrogens with one attached hydrogen (secondary N) is 1. The monoisotopic (exact) mass is 471 g/mol. The highest BCUT2D eigenvalue weighted by Gasteiger charge is 2.18. The standard InChI is InChI=1S/C25H20ClF2NO2S/c1-31-9-8-29-25(30)22-7-3-5-20(23(22)28)21-6-2-4-16-13-19(32-24(16)21)12-15-10-17(26)14-18(27)11-15/h2-7,10-11,13-14H,8-9,12H2,1H3,(H,29,30). The minimum atomic E-state index is -0.568. The van der Waals surface area contributed by atoms with Crippen LogP contribution in [0.2, 0.25) is 5.02 Å². The number of carbonyl (C=O) groups excluding carboxylic acids is 1. The average molecular weight is 472 g/mol. The predicted octanol–water partition coefficient (Wildman–Crippen LogP) is 6.47. The average Bonchev–Trinajstić information content (AvgIpc) is 3.16. The second kappa shape index (κ2) is 9.77. The van der Waals surface area contributed by atoms with E-state index in [0.29, 0.717) is 35.7 Å². The number of thiophene rings is 1. The van der Waals surface area contributed by atoms with Gasteiger partial charge in [0.1, 0.15) is 11.6 Å². The molecule has 3 nitrogen and oxygen atoms in total. The van der Waals surface area contributed by atoms with Crippen molar-refractivity contribution in [3.05, 3.63) is 93.3 Å². The molecule has 0 bridgehead atoms. The molecule has 0 aliphatic heterocycles. The minimum Gasteiger partial charge on any atom is -0.383 e. The Kier molecular flexibility index (Phi) is 6.84. The highest BCUT2D eigenvalue weighted by Crippen LogP contribution is 2.37. The predicted molar refractivity (Wildman–Crippen MR) is 126 cm³/mol. The Labute approximate surface area is 193 Å². The number of amides is 1. The molecule has 1 amide bonds. The summed E-state index contributed by atoms with van der Waals surface area (Å²) in [5, 5.41) is 3.96. The quantitative estimate of drug-likeness (QED) is 0.314. The van der Waals surface area contributed by atoms with Crippen molar-refractivity contribution in [1.82, 2.24) is 5.32 Å². The topological polar surface area (TPSA) is 38.3 Å². The van der Waals surface area contributed by atoms with E-state index in [1.54, 1.807) is 18.2 Å². The Hall–Kier alpha value is -2.80. The van der Waals surface area contributed by atoms with Crippen molar-refractivity contribution < 1.29 is 18.3 Å². The van der Waals surface area contributed by atoms with Gasteiger partial charge in [0.05, 0.1) is 12.2 Å². The Balaban J connectivity index is 1.69. The summed E-state index contributed by atoms with van der Waals surface area (Å²) in [5.41, 5.74) is 1.82. The van der Waals surface area contributed by atoms with Crippen LogP contribution in [0.4, 0.5) is 8.78 Å². The third kappa shape index (κ3) is 4.83. The smallest absolute Gasteiger partial charge is 0.254 e. The zero-order chi connectivity index (χ0) is 22.7. The summed E-state index contributed by atoms with van der Waals surface area (Å²) in [6, 6.07) is 16.9. The summed E-state index contributed by atoms with van der Waals surface area (Å²) < 4.78 is 34.9. The first kappa shape index (κ1) is 22.4. The summed E-state index contributed by atoms with van der Waals surface area (Å²) in [7, 11) is 1.53. The molecule has 1 N–H and O–H groups in total. The highest BCUT2D eigenvalue weighted by molar-refractivity contribution is 7.19. The molecule has 3 aromatic carbocycles. The van der Waals surface area contributed by atoms with Gasteiger partial charge in [-0.25, -0.2) is 8.78 Å². The van der Waals surface area contributed by atoms with Crippen LogP contribution >= 0.6 is 22.9 Å². The fourth-order valence-corrected chi connectivity index (χ4v) is 5.07. The van der Waals surface area contributed by atoms with E-state index in [9.17, 15) is 9.18 Å². The van der Waals surface area contributed by atoms with Gasteiger partial charge in [0.2, 0.25) is 0 Å². The zero-order valence-corrected chi connectivity index (χ0v) is 18.8. The van der Waals surface area contributed by atoms with Crippen LogP contribution in [0.3, 0.4) is 0 Å². The third-order valence-electron chi connectivity index (χ3n) is 5.02. The second-order valence-electron chi connectivity index (χ2n) is 7.31. The van der Waals surface area contributed by atoms with Crippen LogP contribution in [0, 0.1) is 11.6 Å². The fourth-order valence-electron chi connectivity index (χ4n) is 3.61. The lowest BCUT2D eigenvalue weighted by Crippen LogP contribution is -2.27. The molecule has 7 heteroatoms. The maximum absolute atomic E-state index is 15.3. The molecule has 1 aromatic heterocycles. The van der Waals surface area contributed by atoms with Gasteiger partial charge < -0.3 is 10.1 Å². The molecule has 164 valence electrons. The molecule has 0 radical (unpaired) electrons. The van der Waals surface area contributed by atoms with Crippen molar-refractivity contribution in [3.63, 3.8) is 0 Å². The summed E-state index contributed by atoms with van der Waals surface area (Å²) >= 11 is 7.50. The first-order valence-corrected chi connectivity index (χ1v) is 11.2. The SMILES string of the molecule is COCCNC(=O)c1cccc(-c2cccc3cc(Cc4cc(F)cc(Cl)c4)sc23)c1F. The van der Waals surface area contributed by atoms with E-state index in [1.165, 1.54) is 36.6 Å². The van der Waals surface area contributed by atoms with Gasteiger partial charge in [0.15, 0.2) is 0 Å². The van der Waals surface area contributed by atoms with Crippen molar-refractivity contribution >= 4 is 38.9 Å². The molecule has 0 saturated heterocycles. The lowest BCUT2D eigenvalue weighted by atomic mass is 10.0. The van der Waals surface area contributed by atoms with Crippen LogP contribution < -0.4 is 5.32 Å². The molecule has 0 fully saturated rings. The first-order valence-electron chi connectivity index (χ1n) is 9.98. The molecular formula is C25H20ClF2NO2S. The molecule has 0 spiro atoms. The molecule has 0 unspecified atom stereocenters. The third-order valence-corrected chi connectivity index (χ3v) is 6.42. The van der Waals surface area contributed by atoms with Gasteiger partial charge in [-0.2, -0.15) is 0 Å². The fraction of sp³-hybridized carbons (Fsp3) is 0.160. The van der Waals surface area contributed by atoms with E-state index in [4.69, 9.17) is 16.3 Å². The van der Waals surface area contributed by atoms with Crippen molar-refractivity contribution in [2.24, 2.45) is 0 Å². The van der Waals surface area contributed by atoms with Gasteiger partial charge >= 0.3 is 0 Å². The van der Waals surface area contributed by atoms with Gasteiger partial charge in [-0.05, 0) is 41.3 Å². The minimum absolute atomic E-state index is 0.0122. The van der Waals surface area contributed by atoms with Gasteiger partial charge in [0, 0.05) is 45.8 Å². The van der Waals surface area contributed by atoms with E-state index < -0.39 is 11.7 Å². The van der Waals surface area contributed by atoms with E-state index in [2.05, 4.69) is 5.32 Å². The van der Waals surface area contributed by atoms with E-state index in [0.717, 1.165) is 20.5 Å². The summed E-state index contributed by atoms with van der Waals surface area (Å²) in [4.78, 5) is 13.4. The maximum atomic E-state index is 15.3. The Morgan fingerprint density at radius 2 is 1.84 bits per heavy atom. The van der Waals surface area contributed by atoms with Gasteiger partial charge in [0.25, 0.3) is 5.91 Å². The molecule has 4 rings (SSSR count). The molecular weight excluding hydrogens is 452 g/mol. The lowest BCUT2D eigenvalue weighted by Gasteiger charge is -2.10. The number of benzene rings is 3. The molecule has 32 heavy (non-hydrogen) atoms. The molecule has 0 saturated carbocycles. The van der Waals surface area contributed by atoms with Gasteiger partial charge in [-0.15, -0.1) is 11.3 Å². The van der Waals surface area contributed by atoms with E-state index in [-0.39, 0.29) is 11.4 Å². The number of hydrogen-bond acceptors (Lipinski definition) is 3. The van der Waals surface area contributed by atoms with Crippen LogP contribution in [0.1, 0.15) is 20.8 Å². The van der Waals surface area contributed by atoms with Crippen LogP contribution in [0.25, 0.3) is 21.2 Å². The summed E-state index contributed by atoms with van der Waals surface area (Å²) in [6.45, 7) is 0.647. The Morgan fingerprint density at radius 1 is 1.06 bits per heavy atom. The lowest BCUT2D eigenvalue weighted by molar-refractivity contribution is 0.0933. The molecule has 0 aliphatic carbocycles. The molecule has 0 atom stereocenters. The van der Waals surface area contributed by atoms with Crippen LogP contribution in [0.15, 0.2) is 60.7 Å². The molecule has 1 heterocycles. The number of fused-ring (bicyclic) bond motifs is 1. The van der Waals surface area contributed by atoms with E-state index in [1.807, 2.05) is 24.3 Å². The van der Waals surface area contributed by atoms with Crippen LogP contribution in [0.5, 0.6) is 0 Å². The summed E-state index contributed by atoms with van der Waals surface area (Å²) in [5.74, 6) is -1.43. The Morgan fingerprint density at radius 3 is 2.62 bits per heavy atom. The van der Waals surface area contributed by atoms with E-state index >= 15 is 4.39 Å². The number of methoxy groups -OCH3 is 1. The zero-order valence-electron chi connectivity index (χ0n) is 17.3. The first-order chi connectivity index (χ1) is 15.5. The second-order valence-corrected chi connectivity index (χ2v) is 8.88. The number of hydrogen-bond donors (Lipinski definition) is 1. The van der Waals surface area contributed by atoms with Crippen molar-refractivity contribution in [1.29, 1.82) is 0 Å². The van der Waals surface area contributed by atoms with Crippen LogP contribution in [-0.2, 0) is 11.2 Å². The number of carbonyl (C=O) groups is 1. The Bertz CT molecular complexity index is 1270. The number of ether oxygens (including phenoxy) is 1. The number of halogens is 3. The van der Waals surface area contributed by atoms with Gasteiger partial charge in [-0.3, -0.25) is 4.79 Å². The van der Waals surface area contributed by atoms with Gasteiger partial charge in [-0.1, -0.05) is 41.9 Å². The van der Waals surface area contributed by atoms with Crippen LogP contribution in [-0.4, -0.2) is 26.2 Å². The van der Waals surface area contributed by atoms with Crippen molar-refractivity contribution in [2.45, 2.75) is 6.42 Å². The number of rotatable bonds is 7.